The topological polar surface area (TPSA) is 72.3 Å². The van der Waals surface area contributed by atoms with Crippen LogP contribution in [0.5, 0.6) is 11.8 Å². The Labute approximate surface area is 105 Å². The lowest BCUT2D eigenvalue weighted by Crippen LogP contribution is -1.99. The van der Waals surface area contributed by atoms with E-state index < -0.39 is 5.97 Å². The average Bonchev–Trinajstić information content (AvgIpc) is 2.29. The number of carboxylic acid groups (broad SMARTS) is 1. The predicted molar refractivity (Wildman–Crippen MR) is 63.2 cm³/mol. The number of rotatable bonds is 3. The molecular weight excluding hydrogens is 288 g/mol. The van der Waals surface area contributed by atoms with Crippen molar-refractivity contribution in [1.29, 1.82) is 0 Å². The number of hydrogen-bond acceptors (Lipinski definition) is 4. The molecule has 6 heteroatoms. The normalized spacial score (nSPS) is 9.94. The molecular formula is C11H7BrN2O3. The van der Waals surface area contributed by atoms with E-state index in [9.17, 15) is 4.79 Å². The first kappa shape index (κ1) is 11.5. The smallest absolute Gasteiger partial charge is 0.338 e. The van der Waals surface area contributed by atoms with Gasteiger partial charge in [0.15, 0.2) is 0 Å². The van der Waals surface area contributed by atoms with Crippen LogP contribution >= 0.6 is 15.9 Å². The van der Waals surface area contributed by atoms with Crippen molar-refractivity contribution in [2.45, 2.75) is 0 Å². The maximum Gasteiger partial charge on any atom is 0.338 e. The summed E-state index contributed by atoms with van der Waals surface area (Å²) in [5.74, 6) is -0.499. The van der Waals surface area contributed by atoms with Gasteiger partial charge in [0.2, 0.25) is 0 Å². The molecule has 0 amide bonds. The number of nitrogens with zero attached hydrogens (tertiary/aromatic N) is 2. The molecule has 17 heavy (non-hydrogen) atoms. The van der Waals surface area contributed by atoms with E-state index >= 15 is 0 Å². The monoisotopic (exact) mass is 294 g/mol. The van der Waals surface area contributed by atoms with E-state index in [4.69, 9.17) is 9.84 Å². The molecule has 0 bridgehead atoms. The molecule has 1 N–H and O–H groups in total. The van der Waals surface area contributed by atoms with Crippen LogP contribution in [0.4, 0.5) is 0 Å². The highest BCUT2D eigenvalue weighted by molar-refractivity contribution is 9.10. The molecule has 2 aromatic rings. The van der Waals surface area contributed by atoms with Crippen molar-refractivity contribution in [3.63, 3.8) is 0 Å². The third kappa shape index (κ3) is 3.01. The number of ether oxygens (including phenoxy) is 1. The second-order valence-corrected chi connectivity index (χ2v) is 4.03. The molecule has 0 radical (unpaired) electrons. The van der Waals surface area contributed by atoms with Gasteiger partial charge in [-0.15, -0.1) is 0 Å². The van der Waals surface area contributed by atoms with Crippen molar-refractivity contribution in [2.24, 2.45) is 0 Å². The third-order valence-electron chi connectivity index (χ3n) is 1.88. The maximum absolute atomic E-state index is 10.6. The molecule has 0 saturated heterocycles. The standard InChI is InChI=1S/C11H7BrN2O3/c12-8-2-1-3-9(4-8)17-11-13-5-7(6-14-11)10(15)16/h1-6H,(H,15,16). The number of benzene rings is 1. The largest absolute Gasteiger partial charge is 0.478 e. The van der Waals surface area contributed by atoms with Gasteiger partial charge in [-0.1, -0.05) is 22.0 Å². The highest BCUT2D eigenvalue weighted by Gasteiger charge is 2.05. The third-order valence-corrected chi connectivity index (χ3v) is 2.37. The molecule has 0 aliphatic carbocycles. The van der Waals surface area contributed by atoms with E-state index in [0.29, 0.717) is 5.75 Å². The zero-order chi connectivity index (χ0) is 12.3. The lowest BCUT2D eigenvalue weighted by molar-refractivity contribution is 0.0696. The summed E-state index contributed by atoms with van der Waals surface area (Å²) >= 11 is 3.31. The fourth-order valence-corrected chi connectivity index (χ4v) is 1.49. The average molecular weight is 295 g/mol. The van der Waals surface area contributed by atoms with Gasteiger partial charge in [-0.25, -0.2) is 14.8 Å². The maximum atomic E-state index is 10.6. The Morgan fingerprint density at radius 1 is 1.29 bits per heavy atom. The van der Waals surface area contributed by atoms with Crippen molar-refractivity contribution in [1.82, 2.24) is 9.97 Å². The number of halogens is 1. The Bertz CT molecular complexity index is 543. The predicted octanol–water partition coefficient (Wildman–Crippen LogP) is 2.73. The molecule has 0 aliphatic heterocycles. The van der Waals surface area contributed by atoms with Gasteiger partial charge in [0.05, 0.1) is 5.56 Å². The van der Waals surface area contributed by atoms with Gasteiger partial charge in [0.1, 0.15) is 5.75 Å². The lowest BCUT2D eigenvalue weighted by atomic mass is 10.3. The molecule has 0 atom stereocenters. The number of aromatic nitrogens is 2. The molecule has 1 aromatic carbocycles. The molecule has 0 spiro atoms. The van der Waals surface area contributed by atoms with Crippen LogP contribution in [0.15, 0.2) is 41.1 Å². The fourth-order valence-electron chi connectivity index (χ4n) is 1.12. The lowest BCUT2D eigenvalue weighted by Gasteiger charge is -2.03. The molecule has 1 aromatic heterocycles. The summed E-state index contributed by atoms with van der Waals surface area (Å²) < 4.78 is 6.22. The minimum Gasteiger partial charge on any atom is -0.478 e. The summed E-state index contributed by atoms with van der Waals surface area (Å²) in [5.41, 5.74) is 0.0200. The molecule has 2 rings (SSSR count). The number of hydrogen-bond donors (Lipinski definition) is 1. The summed E-state index contributed by atoms with van der Waals surface area (Å²) in [6, 6.07) is 7.29. The minimum atomic E-state index is -1.07. The van der Waals surface area contributed by atoms with Gasteiger partial charge in [-0.3, -0.25) is 0 Å². The number of aromatic carboxylic acids is 1. The first-order valence-corrected chi connectivity index (χ1v) is 5.43. The molecule has 1 heterocycles. The second-order valence-electron chi connectivity index (χ2n) is 3.12. The summed E-state index contributed by atoms with van der Waals surface area (Å²) in [7, 11) is 0. The van der Waals surface area contributed by atoms with Crippen LogP contribution in [0.1, 0.15) is 10.4 Å². The van der Waals surface area contributed by atoms with Crippen LogP contribution in [0.2, 0.25) is 0 Å². The van der Waals surface area contributed by atoms with E-state index in [-0.39, 0.29) is 11.6 Å². The summed E-state index contributed by atoms with van der Waals surface area (Å²) in [4.78, 5) is 18.2. The molecule has 5 nitrogen and oxygen atoms in total. The van der Waals surface area contributed by atoms with Gasteiger partial charge in [-0.2, -0.15) is 0 Å². The molecule has 86 valence electrons. The summed E-state index contributed by atoms with van der Waals surface area (Å²) in [5, 5.41) is 8.67. The van der Waals surface area contributed by atoms with Crippen LogP contribution < -0.4 is 4.74 Å². The summed E-state index contributed by atoms with van der Waals surface area (Å²) in [6.45, 7) is 0. The van der Waals surface area contributed by atoms with E-state index in [0.717, 1.165) is 4.47 Å². The highest BCUT2D eigenvalue weighted by atomic mass is 79.9. The molecule has 0 aliphatic rings. The Kier molecular flexibility index (Phi) is 3.34. The molecule has 0 saturated carbocycles. The van der Waals surface area contributed by atoms with Crippen LogP contribution in [-0.2, 0) is 0 Å². The van der Waals surface area contributed by atoms with Crippen LogP contribution in [-0.4, -0.2) is 21.0 Å². The minimum absolute atomic E-state index is 0.0200. The Hall–Kier alpha value is -1.95. The van der Waals surface area contributed by atoms with Gasteiger partial charge >= 0.3 is 12.0 Å². The van der Waals surface area contributed by atoms with Gasteiger partial charge in [-0.05, 0) is 18.2 Å². The van der Waals surface area contributed by atoms with E-state index in [1.165, 1.54) is 12.4 Å². The van der Waals surface area contributed by atoms with Crippen molar-refractivity contribution >= 4 is 21.9 Å². The summed E-state index contributed by atoms with van der Waals surface area (Å²) in [6.07, 6.45) is 2.39. The highest BCUT2D eigenvalue weighted by Crippen LogP contribution is 2.21. The van der Waals surface area contributed by atoms with E-state index in [2.05, 4.69) is 25.9 Å². The SMILES string of the molecule is O=C(O)c1cnc(Oc2cccc(Br)c2)nc1. The van der Waals surface area contributed by atoms with Crippen LogP contribution in [0, 0.1) is 0 Å². The van der Waals surface area contributed by atoms with E-state index in [1.807, 2.05) is 12.1 Å². The number of carboxylic acids is 1. The van der Waals surface area contributed by atoms with Crippen molar-refractivity contribution in [2.75, 3.05) is 0 Å². The zero-order valence-electron chi connectivity index (χ0n) is 8.50. The van der Waals surface area contributed by atoms with Crippen molar-refractivity contribution in [3.05, 3.63) is 46.7 Å². The quantitative estimate of drug-likeness (QED) is 0.942. The van der Waals surface area contributed by atoms with Crippen molar-refractivity contribution < 1.29 is 14.6 Å². The number of carbonyl (C=O) groups is 1. The van der Waals surface area contributed by atoms with Gasteiger partial charge in [0, 0.05) is 16.9 Å². The Morgan fingerprint density at radius 2 is 2.00 bits per heavy atom. The molecule has 0 unspecified atom stereocenters. The Balaban J connectivity index is 2.16. The zero-order valence-corrected chi connectivity index (χ0v) is 10.1. The molecule has 0 fully saturated rings. The van der Waals surface area contributed by atoms with Gasteiger partial charge in [0.25, 0.3) is 0 Å². The fraction of sp³-hybridized carbons (Fsp3) is 0. The van der Waals surface area contributed by atoms with Crippen LogP contribution in [0.25, 0.3) is 0 Å². The van der Waals surface area contributed by atoms with Gasteiger partial charge < -0.3 is 9.84 Å². The second kappa shape index (κ2) is 4.92. The Morgan fingerprint density at radius 3 is 2.59 bits per heavy atom. The van der Waals surface area contributed by atoms with Crippen molar-refractivity contribution in [3.8, 4) is 11.8 Å². The van der Waals surface area contributed by atoms with Crippen LogP contribution in [0.3, 0.4) is 0 Å². The van der Waals surface area contributed by atoms with E-state index in [1.54, 1.807) is 12.1 Å². The first-order valence-electron chi connectivity index (χ1n) is 4.64. The first-order chi connectivity index (χ1) is 8.15.